The molecule has 0 bridgehead atoms. The lowest BCUT2D eigenvalue weighted by Gasteiger charge is -2.28. The highest BCUT2D eigenvalue weighted by Crippen LogP contribution is 2.26. The highest BCUT2D eigenvalue weighted by Gasteiger charge is 2.21. The minimum absolute atomic E-state index is 0.0161. The van der Waals surface area contributed by atoms with Crippen molar-refractivity contribution in [3.8, 4) is 11.5 Å². The van der Waals surface area contributed by atoms with Gasteiger partial charge in [-0.05, 0) is 50.2 Å². The monoisotopic (exact) mass is 473 g/mol. The summed E-state index contributed by atoms with van der Waals surface area (Å²) in [6.07, 6.45) is 0.687. The zero-order valence-electron chi connectivity index (χ0n) is 18.6. The molecule has 180 valence electrons. The standard InChI is InChI=1S/C24H26F3N5O2/c25-20-15-17(22-29-30-23(34-22)21(26)27)9-10-18(20)16-32(19-7-3-1-4-8-19)24(33)28-11-14-31-12-5-2-6-13-31/h1,3-4,7-10,15,21H,2,5-6,11-14,16H2,(H,28,33). The molecule has 1 aliphatic heterocycles. The molecule has 2 heterocycles. The van der Waals surface area contributed by atoms with E-state index in [1.165, 1.54) is 36.3 Å². The van der Waals surface area contributed by atoms with Crippen LogP contribution in [0.25, 0.3) is 11.5 Å². The summed E-state index contributed by atoms with van der Waals surface area (Å²) in [6, 6.07) is 12.8. The molecule has 0 unspecified atom stereocenters. The van der Waals surface area contributed by atoms with Crippen LogP contribution in [0.1, 0.15) is 37.1 Å². The minimum atomic E-state index is -2.90. The molecule has 0 atom stereocenters. The Balaban J connectivity index is 1.46. The smallest absolute Gasteiger partial charge is 0.322 e. The average molecular weight is 473 g/mol. The molecule has 1 fully saturated rings. The van der Waals surface area contributed by atoms with Gasteiger partial charge in [-0.3, -0.25) is 4.90 Å². The molecule has 2 aromatic carbocycles. The fourth-order valence-electron chi connectivity index (χ4n) is 3.91. The number of hydrogen-bond donors (Lipinski definition) is 1. The molecular formula is C24H26F3N5O2. The number of piperidine rings is 1. The fraction of sp³-hybridized carbons (Fsp3) is 0.375. The number of nitrogens with zero attached hydrogens (tertiary/aromatic N) is 4. The van der Waals surface area contributed by atoms with Gasteiger partial charge in [0.2, 0.25) is 5.89 Å². The van der Waals surface area contributed by atoms with E-state index >= 15 is 0 Å². The second-order valence-corrected chi connectivity index (χ2v) is 8.11. The molecule has 7 nitrogen and oxygen atoms in total. The summed E-state index contributed by atoms with van der Waals surface area (Å²) in [5.41, 5.74) is 1.06. The Hall–Kier alpha value is -3.40. The number of likely N-dealkylation sites (tertiary alicyclic amines) is 1. The lowest BCUT2D eigenvalue weighted by Crippen LogP contribution is -2.44. The van der Waals surface area contributed by atoms with Gasteiger partial charge in [0, 0.05) is 29.9 Å². The van der Waals surface area contributed by atoms with Gasteiger partial charge >= 0.3 is 12.5 Å². The number of nitrogens with one attached hydrogen (secondary N) is 1. The van der Waals surface area contributed by atoms with Crippen molar-refractivity contribution in [1.82, 2.24) is 20.4 Å². The van der Waals surface area contributed by atoms with Gasteiger partial charge in [-0.15, -0.1) is 10.2 Å². The average Bonchev–Trinajstić information content (AvgIpc) is 3.35. The maximum Gasteiger partial charge on any atom is 0.322 e. The molecule has 1 saturated heterocycles. The molecule has 2 amide bonds. The van der Waals surface area contributed by atoms with Gasteiger partial charge in [0.1, 0.15) is 5.82 Å². The molecule has 0 spiro atoms. The van der Waals surface area contributed by atoms with E-state index in [0.717, 1.165) is 25.7 Å². The molecule has 0 saturated carbocycles. The Labute approximate surface area is 195 Å². The first-order valence-electron chi connectivity index (χ1n) is 11.2. The number of alkyl halides is 2. The lowest BCUT2D eigenvalue weighted by molar-refractivity contribution is 0.116. The molecule has 1 aliphatic rings. The Morgan fingerprint density at radius 2 is 1.85 bits per heavy atom. The molecule has 1 N–H and O–H groups in total. The van der Waals surface area contributed by atoms with Crippen molar-refractivity contribution in [3.63, 3.8) is 0 Å². The quantitative estimate of drug-likeness (QED) is 0.498. The number of hydrogen-bond acceptors (Lipinski definition) is 5. The Bertz CT molecular complexity index is 1090. The first kappa shape index (κ1) is 23.7. The van der Waals surface area contributed by atoms with Crippen LogP contribution < -0.4 is 10.2 Å². The summed E-state index contributed by atoms with van der Waals surface area (Å²) in [5, 5.41) is 9.75. The minimum Gasteiger partial charge on any atom is -0.415 e. The molecular weight excluding hydrogens is 447 g/mol. The summed E-state index contributed by atoms with van der Waals surface area (Å²) in [6.45, 7) is 3.32. The van der Waals surface area contributed by atoms with Crippen LogP contribution in [0.15, 0.2) is 52.9 Å². The Morgan fingerprint density at radius 3 is 2.53 bits per heavy atom. The van der Waals surface area contributed by atoms with Gasteiger partial charge in [-0.1, -0.05) is 30.7 Å². The molecule has 3 aromatic rings. The fourth-order valence-corrected chi connectivity index (χ4v) is 3.91. The van der Waals surface area contributed by atoms with E-state index in [-0.39, 0.29) is 29.6 Å². The van der Waals surface area contributed by atoms with Crippen LogP contribution in [0, 0.1) is 5.82 Å². The molecule has 4 rings (SSSR count). The predicted molar refractivity (Wildman–Crippen MR) is 121 cm³/mol. The number of urea groups is 1. The highest BCUT2D eigenvalue weighted by molar-refractivity contribution is 5.91. The van der Waals surface area contributed by atoms with Gasteiger partial charge in [-0.2, -0.15) is 8.78 Å². The van der Waals surface area contributed by atoms with Crippen molar-refractivity contribution in [2.45, 2.75) is 32.2 Å². The van der Waals surface area contributed by atoms with Crippen LogP contribution >= 0.6 is 0 Å². The maximum absolute atomic E-state index is 14.9. The van der Waals surface area contributed by atoms with Gasteiger partial charge in [-0.25, -0.2) is 9.18 Å². The number of aromatic nitrogens is 2. The second-order valence-electron chi connectivity index (χ2n) is 8.11. The van der Waals surface area contributed by atoms with E-state index in [1.54, 1.807) is 24.3 Å². The summed E-state index contributed by atoms with van der Waals surface area (Å²) >= 11 is 0. The number of carbonyl (C=O) groups excluding carboxylic acids is 1. The van der Waals surface area contributed by atoms with Crippen molar-refractivity contribution in [2.75, 3.05) is 31.1 Å². The molecule has 1 aromatic heterocycles. The van der Waals surface area contributed by atoms with Crippen molar-refractivity contribution in [1.29, 1.82) is 0 Å². The number of halogens is 3. The van der Waals surface area contributed by atoms with E-state index in [2.05, 4.69) is 20.4 Å². The Kier molecular flexibility index (Phi) is 7.79. The predicted octanol–water partition coefficient (Wildman–Crippen LogP) is 5.02. The highest BCUT2D eigenvalue weighted by atomic mass is 19.3. The van der Waals surface area contributed by atoms with Crippen LogP contribution in [-0.4, -0.2) is 47.3 Å². The number of benzene rings is 2. The first-order chi connectivity index (χ1) is 16.5. The number of amides is 2. The zero-order chi connectivity index (χ0) is 23.9. The van der Waals surface area contributed by atoms with E-state index in [1.807, 2.05) is 6.07 Å². The van der Waals surface area contributed by atoms with Gasteiger partial charge < -0.3 is 14.6 Å². The second kappa shape index (κ2) is 11.1. The molecule has 10 heteroatoms. The first-order valence-corrected chi connectivity index (χ1v) is 11.2. The summed E-state index contributed by atoms with van der Waals surface area (Å²) in [5.74, 6) is -1.64. The van der Waals surface area contributed by atoms with Crippen LogP contribution in [-0.2, 0) is 6.54 Å². The number of carbonyl (C=O) groups is 1. The topological polar surface area (TPSA) is 74.5 Å². The third kappa shape index (κ3) is 5.93. The number of rotatable bonds is 8. The summed E-state index contributed by atoms with van der Waals surface area (Å²) in [7, 11) is 0. The van der Waals surface area contributed by atoms with Crippen LogP contribution in [0.2, 0.25) is 0 Å². The van der Waals surface area contributed by atoms with Crippen molar-refractivity contribution in [2.24, 2.45) is 0 Å². The molecule has 0 radical (unpaired) electrons. The van der Waals surface area contributed by atoms with E-state index in [4.69, 9.17) is 4.42 Å². The summed E-state index contributed by atoms with van der Waals surface area (Å²) < 4.78 is 45.2. The maximum atomic E-state index is 14.9. The van der Waals surface area contributed by atoms with Crippen molar-refractivity contribution in [3.05, 3.63) is 65.8 Å². The number of para-hydroxylation sites is 1. The lowest BCUT2D eigenvalue weighted by atomic mass is 10.1. The Morgan fingerprint density at radius 1 is 1.09 bits per heavy atom. The van der Waals surface area contributed by atoms with E-state index in [9.17, 15) is 18.0 Å². The van der Waals surface area contributed by atoms with Crippen molar-refractivity contribution < 1.29 is 22.4 Å². The van der Waals surface area contributed by atoms with Crippen LogP contribution in [0.4, 0.5) is 23.7 Å². The third-order valence-corrected chi connectivity index (χ3v) is 5.72. The molecule has 0 aliphatic carbocycles. The zero-order valence-corrected chi connectivity index (χ0v) is 18.6. The third-order valence-electron chi connectivity index (χ3n) is 5.72. The number of anilines is 1. The van der Waals surface area contributed by atoms with Gasteiger partial charge in [0.15, 0.2) is 0 Å². The van der Waals surface area contributed by atoms with E-state index < -0.39 is 18.1 Å². The van der Waals surface area contributed by atoms with Gasteiger partial charge in [0.05, 0.1) is 6.54 Å². The largest absolute Gasteiger partial charge is 0.415 e. The van der Waals surface area contributed by atoms with E-state index in [0.29, 0.717) is 12.2 Å². The van der Waals surface area contributed by atoms with Crippen molar-refractivity contribution >= 4 is 11.7 Å². The van der Waals surface area contributed by atoms with Crippen LogP contribution in [0.3, 0.4) is 0 Å². The molecule has 34 heavy (non-hydrogen) atoms. The normalized spacial score (nSPS) is 14.4. The van der Waals surface area contributed by atoms with Crippen LogP contribution in [0.5, 0.6) is 0 Å². The van der Waals surface area contributed by atoms with Gasteiger partial charge in [0.25, 0.3) is 5.89 Å². The summed E-state index contributed by atoms with van der Waals surface area (Å²) in [4.78, 5) is 16.8. The SMILES string of the molecule is O=C(NCCN1CCCCC1)N(Cc1ccc(-c2nnc(C(F)F)o2)cc1F)c1ccccc1.